The van der Waals surface area contributed by atoms with E-state index in [-0.39, 0.29) is 23.9 Å². The highest BCUT2D eigenvalue weighted by atomic mass is 35.5. The second-order valence-corrected chi connectivity index (χ2v) is 3.61. The molecule has 6 nitrogen and oxygen atoms in total. The quantitative estimate of drug-likeness (QED) is 0.776. The Kier molecular flexibility index (Phi) is 4.05. The third-order valence-corrected chi connectivity index (χ3v) is 2.00. The van der Waals surface area contributed by atoms with Gasteiger partial charge in [0.2, 0.25) is 17.2 Å². The number of nitrogens with zero attached hydrogens (tertiary/aromatic N) is 4. The fraction of sp³-hybridized carbons (Fsp3) is 0.625. The number of hydrogen-bond donors (Lipinski definition) is 2. The van der Waals surface area contributed by atoms with Crippen LogP contribution in [-0.2, 0) is 0 Å². The Labute approximate surface area is 93.1 Å². The van der Waals surface area contributed by atoms with Crippen molar-refractivity contribution < 1.29 is 5.11 Å². The highest BCUT2D eigenvalue weighted by Crippen LogP contribution is 2.14. The van der Waals surface area contributed by atoms with Gasteiger partial charge in [0.1, 0.15) is 0 Å². The fourth-order valence-corrected chi connectivity index (χ4v) is 1.34. The zero-order chi connectivity index (χ0) is 11.4. The van der Waals surface area contributed by atoms with Gasteiger partial charge in [-0.15, -0.1) is 0 Å². The summed E-state index contributed by atoms with van der Waals surface area (Å²) in [4.78, 5) is 13.4. The minimum atomic E-state index is 0.0153. The van der Waals surface area contributed by atoms with Crippen molar-refractivity contribution in [1.29, 1.82) is 0 Å². The number of rotatable bonds is 4. The van der Waals surface area contributed by atoms with E-state index in [1.165, 1.54) is 0 Å². The van der Waals surface area contributed by atoms with Crippen molar-refractivity contribution in [2.24, 2.45) is 0 Å². The Bertz CT molecular complexity index is 313. The lowest BCUT2D eigenvalue weighted by Crippen LogP contribution is -2.35. The second kappa shape index (κ2) is 5.09. The van der Waals surface area contributed by atoms with Crippen LogP contribution in [0.25, 0.3) is 0 Å². The third-order valence-electron chi connectivity index (χ3n) is 1.83. The van der Waals surface area contributed by atoms with Crippen molar-refractivity contribution in [2.45, 2.75) is 19.9 Å². The van der Waals surface area contributed by atoms with Gasteiger partial charge < -0.3 is 15.7 Å². The van der Waals surface area contributed by atoms with Crippen LogP contribution in [0.4, 0.5) is 11.9 Å². The summed E-state index contributed by atoms with van der Waals surface area (Å²) in [5.74, 6) is 0.463. The molecule has 0 aromatic carbocycles. The van der Waals surface area contributed by atoms with Crippen LogP contribution >= 0.6 is 11.6 Å². The van der Waals surface area contributed by atoms with Gasteiger partial charge in [-0.3, -0.25) is 0 Å². The van der Waals surface area contributed by atoms with Crippen LogP contribution in [0.15, 0.2) is 0 Å². The summed E-state index contributed by atoms with van der Waals surface area (Å²) in [7, 11) is 0. The number of aromatic nitrogens is 3. The molecule has 0 saturated heterocycles. The number of anilines is 2. The van der Waals surface area contributed by atoms with E-state index in [4.69, 9.17) is 22.4 Å². The minimum absolute atomic E-state index is 0.0153. The maximum absolute atomic E-state index is 8.91. The van der Waals surface area contributed by atoms with Gasteiger partial charge >= 0.3 is 0 Å². The highest BCUT2D eigenvalue weighted by molar-refractivity contribution is 6.28. The van der Waals surface area contributed by atoms with Crippen molar-refractivity contribution in [3.8, 4) is 0 Å². The first-order valence-electron chi connectivity index (χ1n) is 4.59. The first kappa shape index (κ1) is 11.9. The topological polar surface area (TPSA) is 88.2 Å². The Balaban J connectivity index is 2.99. The van der Waals surface area contributed by atoms with E-state index in [1.54, 1.807) is 4.90 Å². The van der Waals surface area contributed by atoms with Gasteiger partial charge in [0.25, 0.3) is 0 Å². The summed E-state index contributed by atoms with van der Waals surface area (Å²) in [6.07, 6.45) is 0. The summed E-state index contributed by atoms with van der Waals surface area (Å²) in [6.45, 7) is 4.37. The zero-order valence-electron chi connectivity index (χ0n) is 8.68. The molecule has 0 unspecified atom stereocenters. The summed E-state index contributed by atoms with van der Waals surface area (Å²) in [5, 5.41) is 8.96. The second-order valence-electron chi connectivity index (χ2n) is 3.27. The largest absolute Gasteiger partial charge is 0.395 e. The first-order chi connectivity index (χ1) is 7.04. The molecule has 0 bridgehead atoms. The molecule has 0 aliphatic rings. The SMILES string of the molecule is CC(C)N(CCO)c1nc(N)nc(Cl)n1. The fourth-order valence-electron chi connectivity index (χ4n) is 1.18. The number of hydrogen-bond acceptors (Lipinski definition) is 6. The predicted molar refractivity (Wildman–Crippen MR) is 58.8 cm³/mol. The standard InChI is InChI=1S/C8H14ClN5O/c1-5(2)14(3-4-15)8-12-6(9)11-7(10)13-8/h5,15H,3-4H2,1-2H3,(H2,10,11,12,13). The van der Waals surface area contributed by atoms with Crippen molar-refractivity contribution >= 4 is 23.5 Å². The number of nitrogen functional groups attached to an aromatic ring is 1. The van der Waals surface area contributed by atoms with Crippen molar-refractivity contribution in [2.75, 3.05) is 23.8 Å². The number of aliphatic hydroxyl groups excluding tert-OH is 1. The lowest BCUT2D eigenvalue weighted by molar-refractivity contribution is 0.298. The van der Waals surface area contributed by atoms with Gasteiger partial charge in [0.05, 0.1) is 6.61 Å². The van der Waals surface area contributed by atoms with E-state index in [0.29, 0.717) is 12.5 Å². The molecule has 0 aliphatic carbocycles. The van der Waals surface area contributed by atoms with E-state index >= 15 is 0 Å². The van der Waals surface area contributed by atoms with Crippen LogP contribution in [0.1, 0.15) is 13.8 Å². The molecule has 1 aromatic heterocycles. The Hall–Kier alpha value is -1.14. The molecule has 3 N–H and O–H groups in total. The lowest BCUT2D eigenvalue weighted by atomic mass is 10.3. The van der Waals surface area contributed by atoms with Gasteiger partial charge in [0, 0.05) is 12.6 Å². The molecule has 0 amide bonds. The molecule has 0 aliphatic heterocycles. The molecule has 1 rings (SSSR count). The molecule has 0 saturated carbocycles. The summed E-state index contributed by atoms with van der Waals surface area (Å²) >= 11 is 5.67. The van der Waals surface area contributed by atoms with E-state index in [2.05, 4.69) is 15.0 Å². The number of aliphatic hydroxyl groups is 1. The first-order valence-corrected chi connectivity index (χ1v) is 4.97. The Morgan fingerprint density at radius 2 is 2.07 bits per heavy atom. The maximum Gasteiger partial charge on any atom is 0.231 e. The normalized spacial score (nSPS) is 10.7. The molecule has 1 heterocycles. The Morgan fingerprint density at radius 3 is 2.53 bits per heavy atom. The van der Waals surface area contributed by atoms with Crippen LogP contribution in [0.3, 0.4) is 0 Å². The van der Waals surface area contributed by atoms with Gasteiger partial charge in [-0.1, -0.05) is 0 Å². The molecule has 0 spiro atoms. The van der Waals surface area contributed by atoms with E-state index < -0.39 is 0 Å². The lowest BCUT2D eigenvalue weighted by Gasteiger charge is -2.25. The summed E-state index contributed by atoms with van der Waals surface area (Å²) < 4.78 is 0. The van der Waals surface area contributed by atoms with Gasteiger partial charge in [0.15, 0.2) is 0 Å². The summed E-state index contributed by atoms with van der Waals surface area (Å²) in [6, 6.07) is 0.148. The molecular weight excluding hydrogens is 218 g/mol. The van der Waals surface area contributed by atoms with Crippen LogP contribution in [0.5, 0.6) is 0 Å². The monoisotopic (exact) mass is 231 g/mol. The van der Waals surface area contributed by atoms with Gasteiger partial charge in [-0.05, 0) is 25.4 Å². The zero-order valence-corrected chi connectivity index (χ0v) is 9.44. The summed E-state index contributed by atoms with van der Waals surface area (Å²) in [5.41, 5.74) is 5.46. The molecule has 7 heteroatoms. The van der Waals surface area contributed by atoms with Gasteiger partial charge in [-0.2, -0.15) is 15.0 Å². The Morgan fingerprint density at radius 1 is 1.40 bits per heavy atom. The molecular formula is C8H14ClN5O. The van der Waals surface area contributed by atoms with Crippen LogP contribution in [0.2, 0.25) is 5.28 Å². The van der Waals surface area contributed by atoms with E-state index in [9.17, 15) is 0 Å². The van der Waals surface area contributed by atoms with Crippen LogP contribution < -0.4 is 10.6 Å². The van der Waals surface area contributed by atoms with Crippen molar-refractivity contribution in [3.63, 3.8) is 0 Å². The average molecular weight is 232 g/mol. The van der Waals surface area contributed by atoms with Crippen LogP contribution in [0, 0.1) is 0 Å². The highest BCUT2D eigenvalue weighted by Gasteiger charge is 2.14. The number of halogens is 1. The molecule has 0 fully saturated rings. The maximum atomic E-state index is 8.91. The smallest absolute Gasteiger partial charge is 0.231 e. The average Bonchev–Trinajstić information content (AvgIpc) is 2.11. The molecule has 0 radical (unpaired) electrons. The molecule has 1 aromatic rings. The number of nitrogens with two attached hydrogens (primary N) is 1. The minimum Gasteiger partial charge on any atom is -0.395 e. The molecule has 15 heavy (non-hydrogen) atoms. The van der Waals surface area contributed by atoms with Gasteiger partial charge in [-0.25, -0.2) is 0 Å². The predicted octanol–water partition coefficient (Wildman–Crippen LogP) is 0.314. The molecule has 84 valence electrons. The van der Waals surface area contributed by atoms with Crippen molar-refractivity contribution in [3.05, 3.63) is 5.28 Å². The van der Waals surface area contributed by atoms with Crippen molar-refractivity contribution in [1.82, 2.24) is 15.0 Å². The van der Waals surface area contributed by atoms with E-state index in [1.807, 2.05) is 13.8 Å². The van der Waals surface area contributed by atoms with Crippen LogP contribution in [-0.4, -0.2) is 39.3 Å². The van der Waals surface area contributed by atoms with E-state index in [0.717, 1.165) is 0 Å². The molecule has 0 atom stereocenters. The third kappa shape index (κ3) is 3.17.